The molecule has 0 saturated carbocycles. The van der Waals surface area contributed by atoms with Gasteiger partial charge in [0.25, 0.3) is 0 Å². The molecule has 1 rings (SSSR count). The number of hydrogen-bond acceptors (Lipinski definition) is 3. The number of nitrogens with zero attached hydrogens (tertiary/aromatic N) is 1. The van der Waals surface area contributed by atoms with Crippen molar-refractivity contribution in [3.8, 4) is 5.75 Å². The molecular formula is C13H19BrN2O2. The highest BCUT2D eigenvalue weighted by Gasteiger charge is 2.17. The molecule has 1 aromatic rings. The lowest BCUT2D eigenvalue weighted by Crippen LogP contribution is -2.41. The second kappa shape index (κ2) is 6.75. The van der Waals surface area contributed by atoms with E-state index in [1.165, 1.54) is 0 Å². The van der Waals surface area contributed by atoms with E-state index in [4.69, 9.17) is 4.74 Å². The molecule has 0 radical (unpaired) electrons. The number of amides is 1. The summed E-state index contributed by atoms with van der Waals surface area (Å²) in [5.41, 5.74) is 0.978. The Balaban J connectivity index is 2.83. The highest BCUT2D eigenvalue weighted by Crippen LogP contribution is 2.24. The van der Waals surface area contributed by atoms with Crippen LogP contribution >= 0.6 is 15.9 Å². The summed E-state index contributed by atoms with van der Waals surface area (Å²) in [4.78, 5) is 13.7. The zero-order chi connectivity index (χ0) is 13.7. The van der Waals surface area contributed by atoms with Crippen molar-refractivity contribution in [3.05, 3.63) is 28.2 Å². The first-order chi connectivity index (χ1) is 8.49. The fraction of sp³-hybridized carbons (Fsp3) is 0.462. The SMILES string of the molecule is CNC(C)C(=O)N(C)Cc1cc(Br)ccc1OC. The second-order valence-corrected chi connectivity index (χ2v) is 5.08. The molecule has 0 aliphatic rings. The van der Waals surface area contributed by atoms with Crippen molar-refractivity contribution in [1.29, 1.82) is 0 Å². The summed E-state index contributed by atoms with van der Waals surface area (Å²) in [5.74, 6) is 0.842. The number of rotatable bonds is 5. The first-order valence-corrected chi connectivity index (χ1v) is 6.53. The van der Waals surface area contributed by atoms with Crippen LogP contribution in [0.4, 0.5) is 0 Å². The van der Waals surface area contributed by atoms with Crippen LogP contribution in [0.3, 0.4) is 0 Å². The first-order valence-electron chi connectivity index (χ1n) is 5.74. The molecule has 1 unspecified atom stereocenters. The van der Waals surface area contributed by atoms with Crippen LogP contribution in [0.5, 0.6) is 5.75 Å². The lowest BCUT2D eigenvalue weighted by atomic mass is 10.2. The molecule has 5 heteroatoms. The number of benzene rings is 1. The second-order valence-electron chi connectivity index (χ2n) is 4.16. The molecule has 0 fully saturated rings. The minimum Gasteiger partial charge on any atom is -0.496 e. The van der Waals surface area contributed by atoms with Gasteiger partial charge in [0.05, 0.1) is 13.2 Å². The van der Waals surface area contributed by atoms with Crippen LogP contribution in [0.2, 0.25) is 0 Å². The van der Waals surface area contributed by atoms with Gasteiger partial charge in [-0.1, -0.05) is 15.9 Å². The van der Waals surface area contributed by atoms with E-state index in [1.807, 2.05) is 25.1 Å². The zero-order valence-electron chi connectivity index (χ0n) is 11.2. The Hall–Kier alpha value is -1.07. The zero-order valence-corrected chi connectivity index (χ0v) is 12.7. The average Bonchev–Trinajstić information content (AvgIpc) is 2.37. The maximum atomic E-state index is 12.0. The van der Waals surface area contributed by atoms with Crippen molar-refractivity contribution in [2.24, 2.45) is 0 Å². The van der Waals surface area contributed by atoms with Gasteiger partial charge in [-0.15, -0.1) is 0 Å². The Bertz CT molecular complexity index is 423. The number of methoxy groups -OCH3 is 1. The number of likely N-dealkylation sites (N-methyl/N-ethyl adjacent to an activating group) is 2. The van der Waals surface area contributed by atoms with Gasteiger partial charge in [0, 0.05) is 23.6 Å². The Morgan fingerprint density at radius 1 is 1.56 bits per heavy atom. The number of halogens is 1. The van der Waals surface area contributed by atoms with E-state index >= 15 is 0 Å². The normalized spacial score (nSPS) is 12.1. The lowest BCUT2D eigenvalue weighted by molar-refractivity contribution is -0.132. The van der Waals surface area contributed by atoms with E-state index in [-0.39, 0.29) is 11.9 Å². The van der Waals surface area contributed by atoms with Crippen molar-refractivity contribution in [1.82, 2.24) is 10.2 Å². The van der Waals surface area contributed by atoms with Gasteiger partial charge in [-0.25, -0.2) is 0 Å². The topological polar surface area (TPSA) is 41.6 Å². The predicted octanol–water partition coefficient (Wildman–Crippen LogP) is 2.02. The third-order valence-electron chi connectivity index (χ3n) is 2.83. The maximum Gasteiger partial charge on any atom is 0.239 e. The van der Waals surface area contributed by atoms with Crippen LogP contribution < -0.4 is 10.1 Å². The Morgan fingerprint density at radius 2 is 2.22 bits per heavy atom. The van der Waals surface area contributed by atoms with E-state index in [0.29, 0.717) is 6.54 Å². The highest BCUT2D eigenvalue weighted by molar-refractivity contribution is 9.10. The summed E-state index contributed by atoms with van der Waals surface area (Å²) < 4.78 is 6.27. The summed E-state index contributed by atoms with van der Waals surface area (Å²) in [6.45, 7) is 2.37. The van der Waals surface area contributed by atoms with Gasteiger partial charge >= 0.3 is 0 Å². The maximum absolute atomic E-state index is 12.0. The summed E-state index contributed by atoms with van der Waals surface area (Å²) in [6.07, 6.45) is 0. The minimum atomic E-state index is -0.187. The molecule has 4 nitrogen and oxygen atoms in total. The number of carbonyl (C=O) groups is 1. The number of nitrogens with one attached hydrogen (secondary N) is 1. The molecule has 1 N–H and O–H groups in total. The van der Waals surface area contributed by atoms with Gasteiger partial charge in [0.2, 0.25) is 5.91 Å². The first kappa shape index (κ1) is 15.0. The minimum absolute atomic E-state index is 0.0551. The molecule has 0 bridgehead atoms. The van der Waals surface area contributed by atoms with Crippen LogP contribution in [-0.2, 0) is 11.3 Å². The molecule has 0 saturated heterocycles. The predicted molar refractivity (Wildman–Crippen MR) is 75.7 cm³/mol. The number of carbonyl (C=O) groups excluding carboxylic acids is 1. The van der Waals surface area contributed by atoms with Gasteiger partial charge in [0.1, 0.15) is 5.75 Å². The van der Waals surface area contributed by atoms with Gasteiger partial charge in [-0.05, 0) is 32.2 Å². The third-order valence-corrected chi connectivity index (χ3v) is 3.32. The van der Waals surface area contributed by atoms with Crippen LogP contribution in [-0.4, -0.2) is 38.1 Å². The molecule has 18 heavy (non-hydrogen) atoms. The smallest absolute Gasteiger partial charge is 0.239 e. The Labute approximate surface area is 116 Å². The summed E-state index contributed by atoms with van der Waals surface area (Å²) in [5, 5.41) is 2.94. The van der Waals surface area contributed by atoms with E-state index in [9.17, 15) is 4.79 Å². The fourth-order valence-electron chi connectivity index (χ4n) is 1.66. The van der Waals surface area contributed by atoms with Crippen LogP contribution in [0.25, 0.3) is 0 Å². The third kappa shape index (κ3) is 3.71. The molecule has 0 aromatic heterocycles. The Morgan fingerprint density at radius 3 is 2.78 bits per heavy atom. The summed E-state index contributed by atoms with van der Waals surface area (Å²) in [7, 11) is 5.19. The van der Waals surface area contributed by atoms with E-state index in [1.54, 1.807) is 26.1 Å². The van der Waals surface area contributed by atoms with Crippen molar-refractivity contribution < 1.29 is 9.53 Å². The molecule has 100 valence electrons. The highest BCUT2D eigenvalue weighted by atomic mass is 79.9. The van der Waals surface area contributed by atoms with Crippen LogP contribution in [0, 0.1) is 0 Å². The Kier molecular flexibility index (Phi) is 5.62. The van der Waals surface area contributed by atoms with Gasteiger partial charge < -0.3 is 15.0 Å². The molecule has 1 amide bonds. The molecule has 0 aliphatic heterocycles. The van der Waals surface area contributed by atoms with Crippen molar-refractivity contribution in [2.45, 2.75) is 19.5 Å². The van der Waals surface area contributed by atoms with Crippen molar-refractivity contribution in [3.63, 3.8) is 0 Å². The standard InChI is InChI=1S/C13H19BrN2O2/c1-9(15-2)13(17)16(3)8-10-7-11(14)5-6-12(10)18-4/h5-7,9,15H,8H2,1-4H3. The van der Waals surface area contributed by atoms with E-state index in [0.717, 1.165) is 15.8 Å². The molecule has 0 aliphatic carbocycles. The fourth-order valence-corrected chi connectivity index (χ4v) is 2.07. The van der Waals surface area contributed by atoms with Crippen LogP contribution in [0.15, 0.2) is 22.7 Å². The van der Waals surface area contributed by atoms with Gasteiger partial charge in [-0.2, -0.15) is 0 Å². The lowest BCUT2D eigenvalue weighted by Gasteiger charge is -2.22. The van der Waals surface area contributed by atoms with Gasteiger partial charge in [0.15, 0.2) is 0 Å². The number of hydrogen-bond donors (Lipinski definition) is 1. The number of ether oxygens (including phenoxy) is 1. The van der Waals surface area contributed by atoms with Crippen LogP contribution in [0.1, 0.15) is 12.5 Å². The molecule has 0 spiro atoms. The molecule has 0 heterocycles. The van der Waals surface area contributed by atoms with Crippen molar-refractivity contribution in [2.75, 3.05) is 21.2 Å². The quantitative estimate of drug-likeness (QED) is 0.904. The van der Waals surface area contributed by atoms with E-state index < -0.39 is 0 Å². The average molecular weight is 315 g/mol. The van der Waals surface area contributed by atoms with E-state index in [2.05, 4.69) is 21.2 Å². The van der Waals surface area contributed by atoms with Crippen molar-refractivity contribution >= 4 is 21.8 Å². The summed E-state index contributed by atoms with van der Waals surface area (Å²) >= 11 is 3.42. The monoisotopic (exact) mass is 314 g/mol. The van der Waals surface area contributed by atoms with Gasteiger partial charge in [-0.3, -0.25) is 4.79 Å². The summed E-state index contributed by atoms with van der Waals surface area (Å²) in [6, 6.07) is 5.58. The molecule has 1 aromatic carbocycles. The molecular weight excluding hydrogens is 296 g/mol. The molecule has 1 atom stereocenters. The largest absolute Gasteiger partial charge is 0.496 e.